The van der Waals surface area contributed by atoms with E-state index >= 15 is 0 Å². The third-order valence-electron chi connectivity index (χ3n) is 3.26. The zero-order valence-corrected chi connectivity index (χ0v) is 12.4. The molecule has 0 aromatic heterocycles. The highest BCUT2D eigenvalue weighted by Gasteiger charge is 1.98. The molecular formula is C18H22FNO. The van der Waals surface area contributed by atoms with Crippen molar-refractivity contribution in [2.75, 3.05) is 11.9 Å². The van der Waals surface area contributed by atoms with Crippen LogP contribution in [0.15, 0.2) is 48.5 Å². The Hall–Kier alpha value is -2.03. The molecule has 0 aliphatic rings. The molecule has 0 aliphatic carbocycles. The van der Waals surface area contributed by atoms with Crippen molar-refractivity contribution in [2.24, 2.45) is 0 Å². The van der Waals surface area contributed by atoms with Crippen molar-refractivity contribution in [3.8, 4) is 5.75 Å². The molecule has 0 bridgehead atoms. The molecule has 0 amide bonds. The Morgan fingerprint density at radius 2 is 1.86 bits per heavy atom. The minimum absolute atomic E-state index is 0.226. The standard InChI is InChI=1S/C18H22FNO/c1-2-3-4-12-21-18-10-8-15(9-11-18)14-20-17-7-5-6-16(19)13-17/h5-11,13,20H,2-4,12,14H2,1H3. The first-order valence-corrected chi connectivity index (χ1v) is 7.49. The Labute approximate surface area is 126 Å². The van der Waals surface area contributed by atoms with Gasteiger partial charge in [0, 0.05) is 12.2 Å². The largest absolute Gasteiger partial charge is 0.494 e. The number of hydrogen-bond acceptors (Lipinski definition) is 2. The van der Waals surface area contributed by atoms with Crippen LogP contribution in [0.2, 0.25) is 0 Å². The van der Waals surface area contributed by atoms with E-state index in [1.165, 1.54) is 25.0 Å². The quantitative estimate of drug-likeness (QED) is 0.689. The first-order valence-electron chi connectivity index (χ1n) is 7.49. The second kappa shape index (κ2) is 8.30. The molecule has 0 unspecified atom stereocenters. The van der Waals surface area contributed by atoms with E-state index in [9.17, 15) is 4.39 Å². The molecule has 0 aliphatic heterocycles. The summed E-state index contributed by atoms with van der Waals surface area (Å²) in [4.78, 5) is 0. The van der Waals surface area contributed by atoms with Crippen molar-refractivity contribution in [3.63, 3.8) is 0 Å². The van der Waals surface area contributed by atoms with Gasteiger partial charge in [0.25, 0.3) is 0 Å². The van der Waals surface area contributed by atoms with E-state index in [4.69, 9.17) is 4.74 Å². The maximum atomic E-state index is 13.1. The average molecular weight is 287 g/mol. The maximum Gasteiger partial charge on any atom is 0.125 e. The minimum Gasteiger partial charge on any atom is -0.494 e. The summed E-state index contributed by atoms with van der Waals surface area (Å²) in [6.07, 6.45) is 3.50. The van der Waals surface area contributed by atoms with Gasteiger partial charge in [-0.15, -0.1) is 0 Å². The fourth-order valence-corrected chi connectivity index (χ4v) is 2.05. The number of benzene rings is 2. The summed E-state index contributed by atoms with van der Waals surface area (Å²) in [6.45, 7) is 3.62. The number of halogens is 1. The zero-order chi connectivity index (χ0) is 14.9. The summed E-state index contributed by atoms with van der Waals surface area (Å²) in [6, 6.07) is 14.5. The van der Waals surface area contributed by atoms with Crippen LogP contribution in [0.25, 0.3) is 0 Å². The van der Waals surface area contributed by atoms with Crippen LogP contribution in [0.5, 0.6) is 5.75 Å². The molecule has 2 nitrogen and oxygen atoms in total. The van der Waals surface area contributed by atoms with Gasteiger partial charge in [-0.2, -0.15) is 0 Å². The highest BCUT2D eigenvalue weighted by atomic mass is 19.1. The van der Waals surface area contributed by atoms with Gasteiger partial charge < -0.3 is 10.1 Å². The topological polar surface area (TPSA) is 21.3 Å². The number of nitrogens with one attached hydrogen (secondary N) is 1. The fourth-order valence-electron chi connectivity index (χ4n) is 2.05. The lowest BCUT2D eigenvalue weighted by Gasteiger charge is -2.09. The van der Waals surface area contributed by atoms with Crippen LogP contribution in [-0.4, -0.2) is 6.61 Å². The van der Waals surface area contributed by atoms with E-state index in [1.807, 2.05) is 30.3 Å². The summed E-state index contributed by atoms with van der Waals surface area (Å²) in [5.74, 6) is 0.677. The Morgan fingerprint density at radius 3 is 2.57 bits per heavy atom. The highest BCUT2D eigenvalue weighted by Crippen LogP contribution is 2.15. The number of ether oxygens (including phenoxy) is 1. The van der Waals surface area contributed by atoms with Crippen LogP contribution in [-0.2, 0) is 6.54 Å². The molecule has 0 saturated carbocycles. The molecule has 0 saturated heterocycles. The van der Waals surface area contributed by atoms with E-state index < -0.39 is 0 Å². The van der Waals surface area contributed by atoms with Crippen LogP contribution >= 0.6 is 0 Å². The lowest BCUT2D eigenvalue weighted by atomic mass is 10.2. The Kier molecular flexibility index (Phi) is 6.07. The SMILES string of the molecule is CCCCCOc1ccc(CNc2cccc(F)c2)cc1. The van der Waals surface area contributed by atoms with Crippen molar-refractivity contribution < 1.29 is 9.13 Å². The lowest BCUT2D eigenvalue weighted by Crippen LogP contribution is -2.00. The molecule has 2 aromatic rings. The van der Waals surface area contributed by atoms with Gasteiger partial charge in [0.2, 0.25) is 0 Å². The number of anilines is 1. The summed E-state index contributed by atoms with van der Waals surface area (Å²) in [5.41, 5.74) is 1.93. The molecule has 0 spiro atoms. The van der Waals surface area contributed by atoms with Gasteiger partial charge >= 0.3 is 0 Å². The van der Waals surface area contributed by atoms with Gasteiger partial charge in [-0.1, -0.05) is 38.0 Å². The van der Waals surface area contributed by atoms with Crippen LogP contribution < -0.4 is 10.1 Å². The van der Waals surface area contributed by atoms with Crippen LogP contribution in [0, 0.1) is 5.82 Å². The first-order chi connectivity index (χ1) is 10.3. The summed E-state index contributed by atoms with van der Waals surface area (Å²) < 4.78 is 18.7. The molecule has 0 fully saturated rings. The Balaban J connectivity index is 1.79. The van der Waals surface area contributed by atoms with Crippen LogP contribution in [0.4, 0.5) is 10.1 Å². The van der Waals surface area contributed by atoms with Gasteiger partial charge in [-0.25, -0.2) is 4.39 Å². The average Bonchev–Trinajstić information content (AvgIpc) is 2.51. The normalized spacial score (nSPS) is 10.4. The highest BCUT2D eigenvalue weighted by molar-refractivity contribution is 5.44. The Morgan fingerprint density at radius 1 is 1.05 bits per heavy atom. The fraction of sp³-hybridized carbons (Fsp3) is 0.333. The van der Waals surface area contributed by atoms with Gasteiger partial charge in [0.05, 0.1) is 6.61 Å². The molecule has 3 heteroatoms. The van der Waals surface area contributed by atoms with E-state index in [0.29, 0.717) is 6.54 Å². The van der Waals surface area contributed by atoms with Gasteiger partial charge in [0.15, 0.2) is 0 Å². The molecule has 2 aromatic carbocycles. The predicted molar refractivity (Wildman–Crippen MR) is 85.2 cm³/mol. The third kappa shape index (κ3) is 5.46. The van der Waals surface area contributed by atoms with Crippen molar-refractivity contribution in [1.82, 2.24) is 0 Å². The van der Waals surface area contributed by atoms with E-state index in [2.05, 4.69) is 12.2 Å². The van der Waals surface area contributed by atoms with Crippen molar-refractivity contribution >= 4 is 5.69 Å². The van der Waals surface area contributed by atoms with Gasteiger partial charge in [0.1, 0.15) is 11.6 Å². The third-order valence-corrected chi connectivity index (χ3v) is 3.26. The molecule has 0 heterocycles. The summed E-state index contributed by atoms with van der Waals surface area (Å²) in [5, 5.41) is 3.20. The van der Waals surface area contributed by atoms with Gasteiger partial charge in [-0.3, -0.25) is 0 Å². The van der Waals surface area contributed by atoms with Crippen LogP contribution in [0.1, 0.15) is 31.7 Å². The monoisotopic (exact) mass is 287 g/mol. The zero-order valence-electron chi connectivity index (χ0n) is 12.4. The molecule has 112 valence electrons. The minimum atomic E-state index is -0.226. The van der Waals surface area contributed by atoms with Gasteiger partial charge in [-0.05, 0) is 42.3 Å². The summed E-state index contributed by atoms with van der Waals surface area (Å²) >= 11 is 0. The molecule has 0 atom stereocenters. The predicted octanol–water partition coefficient (Wildman–Crippen LogP) is 5.01. The second-order valence-corrected chi connectivity index (χ2v) is 5.06. The van der Waals surface area contributed by atoms with Crippen LogP contribution in [0.3, 0.4) is 0 Å². The lowest BCUT2D eigenvalue weighted by molar-refractivity contribution is 0.306. The van der Waals surface area contributed by atoms with E-state index in [1.54, 1.807) is 6.07 Å². The molecule has 21 heavy (non-hydrogen) atoms. The van der Waals surface area contributed by atoms with E-state index in [0.717, 1.165) is 30.0 Å². The number of hydrogen-bond donors (Lipinski definition) is 1. The Bertz CT molecular complexity index is 539. The number of rotatable bonds is 8. The number of unbranched alkanes of at least 4 members (excludes halogenated alkanes) is 2. The van der Waals surface area contributed by atoms with Crippen molar-refractivity contribution in [2.45, 2.75) is 32.7 Å². The maximum absolute atomic E-state index is 13.1. The molecule has 0 radical (unpaired) electrons. The molecule has 1 N–H and O–H groups in total. The smallest absolute Gasteiger partial charge is 0.125 e. The molecule has 2 rings (SSSR count). The van der Waals surface area contributed by atoms with Crippen molar-refractivity contribution in [3.05, 3.63) is 59.9 Å². The van der Waals surface area contributed by atoms with Crippen molar-refractivity contribution in [1.29, 1.82) is 0 Å². The molecular weight excluding hydrogens is 265 g/mol. The second-order valence-electron chi connectivity index (χ2n) is 5.06. The first kappa shape index (κ1) is 15.4. The summed E-state index contributed by atoms with van der Waals surface area (Å²) in [7, 11) is 0. The van der Waals surface area contributed by atoms with E-state index in [-0.39, 0.29) is 5.82 Å².